The molecule has 18 heavy (non-hydrogen) atoms. The maximum atomic E-state index is 11.2. The minimum Gasteiger partial charge on any atom is -0.478 e. The van der Waals surface area contributed by atoms with Gasteiger partial charge >= 0.3 is 5.97 Å². The Hall–Kier alpha value is -0.480. The maximum absolute atomic E-state index is 11.2. The highest BCUT2D eigenvalue weighted by molar-refractivity contribution is 9.10. The first-order chi connectivity index (χ1) is 8.56. The number of benzene rings is 1. The Morgan fingerprint density at radius 1 is 1.33 bits per heavy atom. The van der Waals surface area contributed by atoms with E-state index in [0.29, 0.717) is 10.8 Å². The van der Waals surface area contributed by atoms with Gasteiger partial charge in [-0.15, -0.1) is 11.8 Å². The monoisotopic (exact) mass is 328 g/mol. The number of hydrogen-bond acceptors (Lipinski definition) is 2. The Morgan fingerprint density at radius 3 is 2.61 bits per heavy atom. The molecule has 1 aliphatic rings. The van der Waals surface area contributed by atoms with E-state index in [1.807, 2.05) is 6.07 Å². The molecular weight excluding hydrogens is 312 g/mol. The van der Waals surface area contributed by atoms with Gasteiger partial charge in [-0.3, -0.25) is 0 Å². The smallest absolute Gasteiger partial charge is 0.336 e. The van der Waals surface area contributed by atoms with Crippen LogP contribution in [0.4, 0.5) is 0 Å². The third-order valence-corrected chi connectivity index (χ3v) is 5.32. The van der Waals surface area contributed by atoms with Gasteiger partial charge in [0.1, 0.15) is 0 Å². The third-order valence-electron chi connectivity index (χ3n) is 3.43. The van der Waals surface area contributed by atoms with Crippen molar-refractivity contribution in [2.24, 2.45) is 5.92 Å². The van der Waals surface area contributed by atoms with E-state index >= 15 is 0 Å². The predicted octanol–water partition coefficient (Wildman–Crippen LogP) is 4.82. The van der Waals surface area contributed by atoms with Crippen LogP contribution in [-0.4, -0.2) is 16.3 Å². The van der Waals surface area contributed by atoms with Crippen molar-refractivity contribution in [1.82, 2.24) is 0 Å². The van der Waals surface area contributed by atoms with Crippen LogP contribution in [0.25, 0.3) is 0 Å². The molecule has 0 radical (unpaired) electrons. The topological polar surface area (TPSA) is 37.3 Å². The highest BCUT2D eigenvalue weighted by Gasteiger charge is 2.21. The number of aromatic carboxylic acids is 1. The first-order valence-electron chi connectivity index (χ1n) is 6.25. The van der Waals surface area contributed by atoms with E-state index in [9.17, 15) is 9.90 Å². The summed E-state index contributed by atoms with van der Waals surface area (Å²) in [6, 6.07) is 5.39. The number of halogens is 1. The minimum atomic E-state index is -0.839. The molecule has 0 aromatic heterocycles. The molecule has 0 bridgehead atoms. The van der Waals surface area contributed by atoms with E-state index in [4.69, 9.17) is 0 Å². The normalized spacial score (nSPS) is 23.9. The zero-order chi connectivity index (χ0) is 13.1. The molecule has 2 nitrogen and oxygen atoms in total. The van der Waals surface area contributed by atoms with Gasteiger partial charge in [-0.1, -0.05) is 22.9 Å². The number of carboxylic acids is 1. The van der Waals surface area contributed by atoms with Crippen molar-refractivity contribution < 1.29 is 9.90 Å². The van der Waals surface area contributed by atoms with Gasteiger partial charge in [-0.2, -0.15) is 0 Å². The van der Waals surface area contributed by atoms with Gasteiger partial charge in [0.2, 0.25) is 0 Å². The fourth-order valence-corrected chi connectivity index (χ4v) is 4.15. The van der Waals surface area contributed by atoms with Gasteiger partial charge in [0, 0.05) is 14.6 Å². The third kappa shape index (κ3) is 3.51. The van der Waals surface area contributed by atoms with Gasteiger partial charge in [-0.25, -0.2) is 4.79 Å². The summed E-state index contributed by atoms with van der Waals surface area (Å²) in [5.74, 6) is -0.0162. The van der Waals surface area contributed by atoms with Crippen LogP contribution >= 0.6 is 27.7 Å². The van der Waals surface area contributed by atoms with E-state index in [1.165, 1.54) is 25.7 Å². The summed E-state index contributed by atoms with van der Waals surface area (Å²) in [6.45, 7) is 2.29. The molecule has 1 aromatic rings. The fraction of sp³-hybridized carbons (Fsp3) is 0.500. The molecule has 0 unspecified atom stereocenters. The van der Waals surface area contributed by atoms with Crippen molar-refractivity contribution >= 4 is 33.7 Å². The zero-order valence-corrected chi connectivity index (χ0v) is 12.8. The van der Waals surface area contributed by atoms with Gasteiger partial charge in [0.05, 0.1) is 5.56 Å². The lowest BCUT2D eigenvalue weighted by Crippen LogP contribution is -2.14. The molecule has 2 rings (SSSR count). The van der Waals surface area contributed by atoms with Crippen LogP contribution in [0.15, 0.2) is 27.6 Å². The number of carboxylic acid groups (broad SMARTS) is 1. The molecule has 4 heteroatoms. The quantitative estimate of drug-likeness (QED) is 0.864. The van der Waals surface area contributed by atoms with Crippen LogP contribution in [0.2, 0.25) is 0 Å². The number of rotatable bonds is 3. The van der Waals surface area contributed by atoms with Crippen LogP contribution in [0.5, 0.6) is 0 Å². The summed E-state index contributed by atoms with van der Waals surface area (Å²) in [4.78, 5) is 12.1. The average Bonchev–Trinajstić information content (AvgIpc) is 2.32. The summed E-state index contributed by atoms with van der Waals surface area (Å²) in [7, 11) is 0. The molecule has 1 aromatic carbocycles. The molecule has 0 amide bonds. The highest BCUT2D eigenvalue weighted by Crippen LogP contribution is 2.38. The lowest BCUT2D eigenvalue weighted by Gasteiger charge is -2.26. The van der Waals surface area contributed by atoms with Gasteiger partial charge < -0.3 is 5.11 Å². The summed E-state index contributed by atoms with van der Waals surface area (Å²) in [6.07, 6.45) is 4.90. The standard InChI is InChI=1S/C14H17BrO2S/c1-9-2-5-11(6-3-9)18-13-8-10(15)4-7-12(13)14(16)17/h4,7-9,11H,2-3,5-6H2,1H3,(H,16,17). The van der Waals surface area contributed by atoms with E-state index in [2.05, 4.69) is 22.9 Å². The first kappa shape index (κ1) is 13.9. The zero-order valence-electron chi connectivity index (χ0n) is 10.4. The van der Waals surface area contributed by atoms with Crippen molar-refractivity contribution in [2.75, 3.05) is 0 Å². The highest BCUT2D eigenvalue weighted by atomic mass is 79.9. The molecule has 1 saturated carbocycles. The van der Waals surface area contributed by atoms with Gasteiger partial charge in [0.15, 0.2) is 0 Å². The van der Waals surface area contributed by atoms with Crippen molar-refractivity contribution in [3.05, 3.63) is 28.2 Å². The first-order valence-corrected chi connectivity index (χ1v) is 7.93. The lowest BCUT2D eigenvalue weighted by molar-refractivity contribution is 0.0693. The van der Waals surface area contributed by atoms with E-state index in [-0.39, 0.29) is 0 Å². The minimum absolute atomic E-state index is 0.418. The summed E-state index contributed by atoms with van der Waals surface area (Å²) < 4.78 is 0.944. The van der Waals surface area contributed by atoms with Crippen LogP contribution < -0.4 is 0 Å². The Balaban J connectivity index is 2.12. The average molecular weight is 329 g/mol. The number of carbonyl (C=O) groups is 1. The van der Waals surface area contributed by atoms with E-state index < -0.39 is 5.97 Å². The number of hydrogen-bond donors (Lipinski definition) is 1. The second-order valence-corrected chi connectivity index (χ2v) is 7.20. The molecule has 0 aliphatic heterocycles. The number of thioether (sulfide) groups is 1. The summed E-state index contributed by atoms with van der Waals surface area (Å²) in [5.41, 5.74) is 0.418. The molecule has 1 fully saturated rings. The Kier molecular flexibility index (Phi) is 4.73. The Bertz CT molecular complexity index is 439. The van der Waals surface area contributed by atoms with Crippen molar-refractivity contribution in [2.45, 2.75) is 42.8 Å². The Labute approximate surface area is 120 Å². The molecule has 0 spiro atoms. The molecule has 0 saturated heterocycles. The van der Waals surface area contributed by atoms with Gasteiger partial charge in [0.25, 0.3) is 0 Å². The fourth-order valence-electron chi connectivity index (χ4n) is 2.30. The van der Waals surface area contributed by atoms with Crippen LogP contribution in [-0.2, 0) is 0 Å². The molecule has 0 heterocycles. The van der Waals surface area contributed by atoms with Crippen molar-refractivity contribution in [3.63, 3.8) is 0 Å². The van der Waals surface area contributed by atoms with Gasteiger partial charge in [-0.05, 0) is 49.8 Å². The van der Waals surface area contributed by atoms with E-state index in [1.54, 1.807) is 23.9 Å². The second kappa shape index (κ2) is 6.11. The van der Waals surface area contributed by atoms with Crippen LogP contribution in [0.3, 0.4) is 0 Å². The van der Waals surface area contributed by atoms with Crippen LogP contribution in [0.1, 0.15) is 43.0 Å². The largest absolute Gasteiger partial charge is 0.478 e. The SMILES string of the molecule is CC1CCC(Sc2cc(Br)ccc2C(=O)O)CC1. The summed E-state index contributed by atoms with van der Waals surface area (Å²) in [5, 5.41) is 9.76. The molecule has 1 N–H and O–H groups in total. The van der Waals surface area contributed by atoms with Crippen molar-refractivity contribution in [1.29, 1.82) is 0 Å². The molecular formula is C14H17BrO2S. The molecule has 0 atom stereocenters. The van der Waals surface area contributed by atoms with Crippen LogP contribution in [0, 0.1) is 5.92 Å². The maximum Gasteiger partial charge on any atom is 0.336 e. The predicted molar refractivity (Wildman–Crippen MR) is 78.4 cm³/mol. The van der Waals surface area contributed by atoms with Crippen molar-refractivity contribution in [3.8, 4) is 0 Å². The molecule has 1 aliphatic carbocycles. The Morgan fingerprint density at radius 2 is 2.00 bits per heavy atom. The molecule has 98 valence electrons. The lowest BCUT2D eigenvalue weighted by atomic mass is 9.91. The summed E-state index contributed by atoms with van der Waals surface area (Å²) >= 11 is 5.14. The second-order valence-electron chi connectivity index (χ2n) is 4.95. The van der Waals surface area contributed by atoms with E-state index in [0.717, 1.165) is 15.3 Å².